The Morgan fingerprint density at radius 2 is 1.77 bits per heavy atom. The lowest BCUT2D eigenvalue weighted by atomic mass is 10.0. The van der Waals surface area contributed by atoms with Gasteiger partial charge in [0.2, 0.25) is 5.78 Å². The monoisotopic (exact) mass is 361 g/mol. The van der Waals surface area contributed by atoms with Gasteiger partial charge in [-0.3, -0.25) is 9.59 Å². The number of esters is 1. The number of hydrogen-bond donors (Lipinski definition) is 1. The van der Waals surface area contributed by atoms with E-state index in [-0.39, 0.29) is 11.5 Å². The van der Waals surface area contributed by atoms with Crippen molar-refractivity contribution in [3.05, 3.63) is 52.6 Å². The molecule has 0 spiro atoms. The average Bonchev–Trinajstić information content (AvgIpc) is 2.88. The van der Waals surface area contributed by atoms with Crippen LogP contribution in [0.1, 0.15) is 46.0 Å². The van der Waals surface area contributed by atoms with Crippen LogP contribution in [0.2, 0.25) is 0 Å². The highest BCUT2D eigenvalue weighted by Gasteiger charge is 2.26. The molecule has 1 aromatic carbocycles. The number of ether oxygens (including phenoxy) is 2. The molecule has 0 bridgehead atoms. The molecular weight excluding hydrogens is 341 g/mol. The minimum Gasteiger partial charge on any atom is -0.482 e. The fraction of sp³-hybridized carbons (Fsp3) is 0.316. The van der Waals surface area contributed by atoms with Crippen LogP contribution < -0.4 is 4.74 Å². The predicted octanol–water partition coefficient (Wildman–Crippen LogP) is 3.17. The van der Waals surface area contributed by atoms with Crippen molar-refractivity contribution in [2.75, 3.05) is 6.61 Å². The second kappa shape index (κ2) is 7.95. The first kappa shape index (κ1) is 19.4. The summed E-state index contributed by atoms with van der Waals surface area (Å²) in [4.78, 5) is 38.9. The Labute approximate surface area is 150 Å². The molecule has 1 N–H and O–H groups in total. The van der Waals surface area contributed by atoms with Gasteiger partial charge in [-0.25, -0.2) is 9.18 Å². The number of carbonyl (C=O) groups excluding carboxylic acids is 3. The average molecular weight is 361 g/mol. The van der Waals surface area contributed by atoms with E-state index in [9.17, 15) is 18.8 Å². The summed E-state index contributed by atoms with van der Waals surface area (Å²) in [5, 5.41) is 0. The fourth-order valence-corrected chi connectivity index (χ4v) is 2.69. The smallest absolute Gasteiger partial charge is 0.344 e. The maximum Gasteiger partial charge on any atom is 0.344 e. The summed E-state index contributed by atoms with van der Waals surface area (Å²) in [5.74, 6) is -1.42. The second-order valence-corrected chi connectivity index (χ2v) is 5.92. The van der Waals surface area contributed by atoms with Crippen LogP contribution in [0.15, 0.2) is 24.3 Å². The first-order valence-corrected chi connectivity index (χ1v) is 8.02. The molecule has 0 fully saturated rings. The highest BCUT2D eigenvalue weighted by atomic mass is 19.1. The molecule has 1 atom stereocenters. The van der Waals surface area contributed by atoms with Crippen LogP contribution in [0.25, 0.3) is 0 Å². The number of aromatic amines is 1. The fourth-order valence-electron chi connectivity index (χ4n) is 2.69. The molecule has 0 radical (unpaired) electrons. The van der Waals surface area contributed by atoms with E-state index in [0.717, 1.165) is 0 Å². The zero-order chi connectivity index (χ0) is 19.4. The van der Waals surface area contributed by atoms with E-state index < -0.39 is 30.3 Å². The molecule has 0 saturated heterocycles. The Kier molecular flexibility index (Phi) is 5.92. The molecule has 6 nitrogen and oxygen atoms in total. The summed E-state index contributed by atoms with van der Waals surface area (Å²) in [6.45, 7) is 5.83. The Balaban J connectivity index is 1.98. The van der Waals surface area contributed by atoms with Gasteiger partial charge in [0.15, 0.2) is 18.5 Å². The van der Waals surface area contributed by atoms with Crippen molar-refractivity contribution in [1.82, 2.24) is 4.98 Å². The van der Waals surface area contributed by atoms with Crippen LogP contribution in [0, 0.1) is 19.7 Å². The number of H-pyrrole nitrogens is 1. The quantitative estimate of drug-likeness (QED) is 0.605. The molecule has 0 aliphatic carbocycles. The Morgan fingerprint density at radius 3 is 2.31 bits per heavy atom. The van der Waals surface area contributed by atoms with E-state index >= 15 is 0 Å². The van der Waals surface area contributed by atoms with Gasteiger partial charge in [-0.2, -0.15) is 0 Å². The highest BCUT2D eigenvalue weighted by Crippen LogP contribution is 2.20. The molecule has 0 aliphatic rings. The molecule has 26 heavy (non-hydrogen) atoms. The van der Waals surface area contributed by atoms with Gasteiger partial charge >= 0.3 is 5.97 Å². The van der Waals surface area contributed by atoms with Gasteiger partial charge in [-0.15, -0.1) is 0 Å². The lowest BCUT2D eigenvalue weighted by Crippen LogP contribution is -2.28. The SMILES string of the molecule is CC(=O)c1c(C)[nH]c(C(=O)[C@H](C)OC(=O)COc2ccc(F)cc2)c1C. The molecule has 0 unspecified atom stereocenters. The zero-order valence-corrected chi connectivity index (χ0v) is 15.0. The molecule has 0 aliphatic heterocycles. The Hall–Kier alpha value is -2.96. The van der Waals surface area contributed by atoms with Crippen LogP contribution in [-0.4, -0.2) is 35.2 Å². The van der Waals surface area contributed by atoms with E-state index in [4.69, 9.17) is 9.47 Å². The van der Waals surface area contributed by atoms with Gasteiger partial charge < -0.3 is 14.5 Å². The van der Waals surface area contributed by atoms with E-state index in [1.807, 2.05) is 0 Å². The van der Waals surface area contributed by atoms with Crippen LogP contribution in [-0.2, 0) is 9.53 Å². The number of Topliss-reactive ketones (excluding diaryl/α,β-unsaturated/α-hetero) is 2. The number of nitrogens with one attached hydrogen (secondary N) is 1. The third kappa shape index (κ3) is 4.36. The minimum absolute atomic E-state index is 0.146. The number of halogens is 1. The van der Waals surface area contributed by atoms with Gasteiger partial charge in [-0.1, -0.05) is 0 Å². The van der Waals surface area contributed by atoms with E-state index in [2.05, 4.69) is 4.98 Å². The van der Waals surface area contributed by atoms with Gasteiger partial charge in [0, 0.05) is 11.3 Å². The van der Waals surface area contributed by atoms with Crippen LogP contribution in [0.5, 0.6) is 5.75 Å². The molecule has 1 heterocycles. The topological polar surface area (TPSA) is 85.5 Å². The van der Waals surface area contributed by atoms with Crippen LogP contribution >= 0.6 is 0 Å². The number of rotatable bonds is 7. The zero-order valence-electron chi connectivity index (χ0n) is 15.0. The molecule has 0 saturated carbocycles. The molecule has 2 aromatic rings. The van der Waals surface area contributed by atoms with E-state index in [0.29, 0.717) is 22.6 Å². The van der Waals surface area contributed by atoms with Crippen molar-refractivity contribution in [3.8, 4) is 5.75 Å². The molecule has 7 heteroatoms. The van der Waals surface area contributed by atoms with Crippen molar-refractivity contribution in [1.29, 1.82) is 0 Å². The first-order valence-electron chi connectivity index (χ1n) is 8.02. The first-order chi connectivity index (χ1) is 12.2. The Morgan fingerprint density at radius 1 is 1.15 bits per heavy atom. The number of aromatic nitrogens is 1. The van der Waals surface area contributed by atoms with Crippen molar-refractivity contribution < 1.29 is 28.2 Å². The standard InChI is InChI=1S/C19H20FNO5/c1-10-17(12(3)22)11(2)21-18(10)19(24)13(4)26-16(23)9-25-15-7-5-14(20)6-8-15/h5-8,13,21H,9H2,1-4H3/t13-/m0/s1. The van der Waals surface area contributed by atoms with Crippen LogP contribution in [0.4, 0.5) is 4.39 Å². The third-order valence-electron chi connectivity index (χ3n) is 3.88. The Bertz CT molecular complexity index is 838. The normalized spacial score (nSPS) is 11.7. The molecular formula is C19H20FNO5. The van der Waals surface area contributed by atoms with Crippen molar-refractivity contribution in [2.45, 2.75) is 33.8 Å². The lowest BCUT2D eigenvalue weighted by molar-refractivity contribution is -0.148. The number of carbonyl (C=O) groups is 3. The highest BCUT2D eigenvalue weighted by molar-refractivity contribution is 6.05. The number of ketones is 2. The van der Waals surface area contributed by atoms with Gasteiger partial charge in [0.05, 0.1) is 5.69 Å². The van der Waals surface area contributed by atoms with Crippen molar-refractivity contribution >= 4 is 17.5 Å². The second-order valence-electron chi connectivity index (χ2n) is 5.92. The summed E-state index contributed by atoms with van der Waals surface area (Å²) in [7, 11) is 0. The van der Waals surface area contributed by atoms with Crippen LogP contribution in [0.3, 0.4) is 0 Å². The van der Waals surface area contributed by atoms with Gasteiger partial charge in [0.25, 0.3) is 0 Å². The summed E-state index contributed by atoms with van der Waals surface area (Å²) < 4.78 is 23.1. The van der Waals surface area contributed by atoms with Gasteiger partial charge in [-0.05, 0) is 57.5 Å². The number of benzene rings is 1. The predicted molar refractivity (Wildman–Crippen MR) is 92.1 cm³/mol. The number of hydrogen-bond acceptors (Lipinski definition) is 5. The minimum atomic E-state index is -1.05. The van der Waals surface area contributed by atoms with E-state index in [1.165, 1.54) is 38.1 Å². The van der Waals surface area contributed by atoms with Gasteiger partial charge in [0.1, 0.15) is 11.6 Å². The summed E-state index contributed by atoms with van der Waals surface area (Å²) in [6, 6.07) is 5.17. The summed E-state index contributed by atoms with van der Waals surface area (Å²) >= 11 is 0. The lowest BCUT2D eigenvalue weighted by Gasteiger charge is -2.13. The molecule has 0 amide bonds. The largest absolute Gasteiger partial charge is 0.482 e. The molecule has 2 rings (SSSR count). The third-order valence-corrected chi connectivity index (χ3v) is 3.88. The van der Waals surface area contributed by atoms with Crippen molar-refractivity contribution in [2.24, 2.45) is 0 Å². The summed E-state index contributed by atoms with van der Waals surface area (Å²) in [6.07, 6.45) is -1.05. The maximum absolute atomic E-state index is 12.8. The maximum atomic E-state index is 12.8. The van der Waals surface area contributed by atoms with E-state index in [1.54, 1.807) is 13.8 Å². The molecule has 1 aromatic heterocycles. The molecule has 138 valence electrons. The van der Waals surface area contributed by atoms with Crippen molar-refractivity contribution in [3.63, 3.8) is 0 Å². The number of aryl methyl sites for hydroxylation is 1. The summed E-state index contributed by atoms with van der Waals surface area (Å²) in [5.41, 5.74) is 1.83.